The molecule has 0 unspecified atom stereocenters. The van der Waals surface area contributed by atoms with Gasteiger partial charge < -0.3 is 10.6 Å². The first-order valence-electron chi connectivity index (χ1n) is 7.43. The lowest BCUT2D eigenvalue weighted by Crippen LogP contribution is -2.40. The van der Waals surface area contributed by atoms with Crippen molar-refractivity contribution in [3.8, 4) is 0 Å². The number of nitro benzene ring substituents is 1. The fourth-order valence-electron chi connectivity index (χ4n) is 2.63. The smallest absolute Gasteiger partial charge is 0.306 e. The number of carbonyl (C=O) groups is 1. The van der Waals surface area contributed by atoms with Crippen LogP contribution in [0, 0.1) is 21.8 Å². The number of nitrogens with one attached hydrogen (secondary N) is 2. The van der Waals surface area contributed by atoms with E-state index < -0.39 is 16.4 Å². The van der Waals surface area contributed by atoms with Crippen LogP contribution in [0.5, 0.6) is 0 Å². The topological polar surface area (TPSA) is 84.3 Å². The first kappa shape index (κ1) is 16.2. The molecule has 0 bridgehead atoms. The van der Waals surface area contributed by atoms with Crippen molar-refractivity contribution in [3.63, 3.8) is 0 Å². The number of benzene rings is 1. The van der Waals surface area contributed by atoms with Gasteiger partial charge in [-0.05, 0) is 43.7 Å². The SMILES string of the molecule is CC1CCC(NC(=O)CNc2ccc(F)c([N+](=O)[O-])c2)CC1. The largest absolute Gasteiger partial charge is 0.376 e. The van der Waals surface area contributed by atoms with Crippen molar-refractivity contribution in [1.29, 1.82) is 0 Å². The van der Waals surface area contributed by atoms with Crippen LogP contribution in [-0.4, -0.2) is 23.4 Å². The molecule has 1 saturated carbocycles. The van der Waals surface area contributed by atoms with E-state index in [4.69, 9.17) is 0 Å². The molecule has 2 N–H and O–H groups in total. The van der Waals surface area contributed by atoms with E-state index >= 15 is 0 Å². The fraction of sp³-hybridized carbons (Fsp3) is 0.533. The van der Waals surface area contributed by atoms with E-state index in [1.807, 2.05) is 0 Å². The summed E-state index contributed by atoms with van der Waals surface area (Å²) in [4.78, 5) is 21.7. The fourth-order valence-corrected chi connectivity index (χ4v) is 2.63. The molecule has 1 aromatic carbocycles. The summed E-state index contributed by atoms with van der Waals surface area (Å²) in [6.07, 6.45) is 4.19. The molecule has 0 aromatic heterocycles. The summed E-state index contributed by atoms with van der Waals surface area (Å²) in [5.74, 6) is -0.339. The molecule has 22 heavy (non-hydrogen) atoms. The van der Waals surface area contributed by atoms with Crippen molar-refractivity contribution in [3.05, 3.63) is 34.1 Å². The van der Waals surface area contributed by atoms with Gasteiger partial charge in [-0.2, -0.15) is 4.39 Å². The maximum Gasteiger partial charge on any atom is 0.306 e. The quantitative estimate of drug-likeness (QED) is 0.647. The molecular weight excluding hydrogens is 289 g/mol. The van der Waals surface area contributed by atoms with Crippen molar-refractivity contribution >= 4 is 17.3 Å². The summed E-state index contributed by atoms with van der Waals surface area (Å²) in [6, 6.07) is 3.68. The predicted molar refractivity (Wildman–Crippen MR) is 81.1 cm³/mol. The van der Waals surface area contributed by atoms with Crippen LogP contribution >= 0.6 is 0 Å². The van der Waals surface area contributed by atoms with Crippen LogP contribution in [0.1, 0.15) is 32.6 Å². The second-order valence-electron chi connectivity index (χ2n) is 5.80. The van der Waals surface area contributed by atoms with E-state index in [9.17, 15) is 19.3 Å². The molecular formula is C15H20FN3O3. The number of amides is 1. The molecule has 0 spiro atoms. The normalized spacial score (nSPS) is 21.2. The Morgan fingerprint density at radius 1 is 1.36 bits per heavy atom. The third kappa shape index (κ3) is 4.41. The van der Waals surface area contributed by atoms with Gasteiger partial charge in [0.25, 0.3) is 0 Å². The first-order valence-corrected chi connectivity index (χ1v) is 7.43. The molecule has 120 valence electrons. The van der Waals surface area contributed by atoms with E-state index in [1.54, 1.807) is 0 Å². The van der Waals surface area contributed by atoms with Gasteiger partial charge in [-0.25, -0.2) is 0 Å². The summed E-state index contributed by atoms with van der Waals surface area (Å²) in [7, 11) is 0. The van der Waals surface area contributed by atoms with Gasteiger partial charge in [0.05, 0.1) is 11.5 Å². The highest BCUT2D eigenvalue weighted by Gasteiger charge is 2.20. The van der Waals surface area contributed by atoms with Crippen LogP contribution in [0.2, 0.25) is 0 Å². The molecule has 1 aliphatic rings. The maximum atomic E-state index is 13.2. The van der Waals surface area contributed by atoms with Gasteiger partial charge in [0, 0.05) is 17.8 Å². The van der Waals surface area contributed by atoms with Crippen LogP contribution in [-0.2, 0) is 4.79 Å². The number of carbonyl (C=O) groups excluding carboxylic acids is 1. The van der Waals surface area contributed by atoms with E-state index in [0.717, 1.165) is 37.8 Å². The third-order valence-corrected chi connectivity index (χ3v) is 3.98. The zero-order valence-electron chi connectivity index (χ0n) is 12.5. The molecule has 0 atom stereocenters. The van der Waals surface area contributed by atoms with E-state index in [0.29, 0.717) is 11.6 Å². The average molecular weight is 309 g/mol. The van der Waals surface area contributed by atoms with E-state index in [-0.39, 0.29) is 18.5 Å². The Hall–Kier alpha value is -2.18. The minimum Gasteiger partial charge on any atom is -0.376 e. The third-order valence-electron chi connectivity index (χ3n) is 3.98. The van der Waals surface area contributed by atoms with Gasteiger partial charge >= 0.3 is 5.69 Å². The van der Waals surface area contributed by atoms with Crippen LogP contribution in [0.15, 0.2) is 18.2 Å². The van der Waals surface area contributed by atoms with Crippen molar-refractivity contribution in [2.45, 2.75) is 38.6 Å². The number of hydrogen-bond acceptors (Lipinski definition) is 4. The summed E-state index contributed by atoms with van der Waals surface area (Å²) in [5, 5.41) is 16.4. The van der Waals surface area contributed by atoms with Gasteiger partial charge in [-0.1, -0.05) is 6.92 Å². The Kier molecular flexibility index (Phi) is 5.30. The molecule has 1 aliphatic carbocycles. The highest BCUT2D eigenvalue weighted by Crippen LogP contribution is 2.23. The van der Waals surface area contributed by atoms with Crippen molar-refractivity contribution in [2.24, 2.45) is 5.92 Å². The number of rotatable bonds is 5. The summed E-state index contributed by atoms with van der Waals surface area (Å²) < 4.78 is 13.2. The molecule has 7 heteroatoms. The summed E-state index contributed by atoms with van der Waals surface area (Å²) in [6.45, 7) is 2.22. The number of nitrogens with zero attached hydrogens (tertiary/aromatic N) is 1. The second kappa shape index (κ2) is 7.20. The zero-order valence-corrected chi connectivity index (χ0v) is 12.5. The molecule has 1 amide bonds. The van der Waals surface area contributed by atoms with Crippen molar-refractivity contribution in [2.75, 3.05) is 11.9 Å². The minimum absolute atomic E-state index is 0.00877. The van der Waals surface area contributed by atoms with Crippen molar-refractivity contribution < 1.29 is 14.1 Å². The standard InChI is InChI=1S/C15H20FN3O3/c1-10-2-4-11(5-3-10)18-15(20)9-17-12-6-7-13(16)14(8-12)19(21)22/h6-8,10-11,17H,2-5,9H2,1H3,(H,18,20). The predicted octanol–water partition coefficient (Wildman–Crippen LogP) is 2.84. The number of nitro groups is 1. The molecule has 0 radical (unpaired) electrons. The summed E-state index contributed by atoms with van der Waals surface area (Å²) >= 11 is 0. The Balaban J connectivity index is 1.83. The van der Waals surface area contributed by atoms with Crippen LogP contribution < -0.4 is 10.6 Å². The maximum absolute atomic E-state index is 13.2. The molecule has 2 rings (SSSR count). The Labute approximate surface area is 128 Å². The monoisotopic (exact) mass is 309 g/mol. The van der Waals surface area contributed by atoms with Crippen LogP contribution in [0.3, 0.4) is 0 Å². The molecule has 6 nitrogen and oxygen atoms in total. The van der Waals surface area contributed by atoms with Gasteiger partial charge in [0.1, 0.15) is 0 Å². The highest BCUT2D eigenvalue weighted by molar-refractivity contribution is 5.81. The van der Waals surface area contributed by atoms with E-state index in [2.05, 4.69) is 17.6 Å². The number of halogens is 1. The van der Waals surface area contributed by atoms with Crippen LogP contribution in [0.25, 0.3) is 0 Å². The highest BCUT2D eigenvalue weighted by atomic mass is 19.1. The van der Waals surface area contributed by atoms with Gasteiger partial charge in [-0.3, -0.25) is 14.9 Å². The minimum atomic E-state index is -0.892. The Morgan fingerprint density at radius 3 is 2.68 bits per heavy atom. The average Bonchev–Trinajstić information content (AvgIpc) is 2.48. The lowest BCUT2D eigenvalue weighted by atomic mass is 9.87. The molecule has 0 saturated heterocycles. The number of hydrogen-bond donors (Lipinski definition) is 2. The Morgan fingerprint density at radius 2 is 2.05 bits per heavy atom. The molecule has 0 heterocycles. The zero-order chi connectivity index (χ0) is 16.1. The molecule has 1 aromatic rings. The first-order chi connectivity index (χ1) is 10.5. The number of anilines is 1. The van der Waals surface area contributed by atoms with Gasteiger partial charge in [0.15, 0.2) is 0 Å². The Bertz CT molecular complexity index is 557. The van der Waals surface area contributed by atoms with Gasteiger partial charge in [-0.15, -0.1) is 0 Å². The van der Waals surface area contributed by atoms with Gasteiger partial charge in [0.2, 0.25) is 11.7 Å². The van der Waals surface area contributed by atoms with Crippen molar-refractivity contribution in [1.82, 2.24) is 5.32 Å². The lowest BCUT2D eigenvalue weighted by molar-refractivity contribution is -0.387. The summed E-state index contributed by atoms with van der Waals surface area (Å²) in [5.41, 5.74) is -0.257. The molecule has 0 aliphatic heterocycles. The van der Waals surface area contributed by atoms with Crippen LogP contribution in [0.4, 0.5) is 15.8 Å². The lowest BCUT2D eigenvalue weighted by Gasteiger charge is -2.27. The second-order valence-corrected chi connectivity index (χ2v) is 5.80. The van der Waals surface area contributed by atoms with E-state index in [1.165, 1.54) is 6.07 Å². The molecule has 1 fully saturated rings.